The number of nitrogens with zero attached hydrogens (tertiary/aromatic N) is 8. The van der Waals surface area contributed by atoms with Crippen molar-refractivity contribution in [2.24, 2.45) is 0 Å². The smallest absolute Gasteiger partial charge is 0.407 e. The van der Waals surface area contributed by atoms with Gasteiger partial charge in [-0.2, -0.15) is 9.78 Å². The highest BCUT2D eigenvalue weighted by atomic mass is 16.6. The molecule has 2 saturated heterocycles. The number of alkyl carbamates (subject to hydrolysis) is 1. The third-order valence-corrected chi connectivity index (χ3v) is 6.90. The molecule has 2 atom stereocenters. The number of ether oxygens (including phenoxy) is 1. The molecule has 7 rings (SSSR count). The van der Waals surface area contributed by atoms with Crippen LogP contribution in [0.2, 0.25) is 0 Å². The summed E-state index contributed by atoms with van der Waals surface area (Å²) in [6.45, 7) is 1.37. The van der Waals surface area contributed by atoms with Gasteiger partial charge in [0.15, 0.2) is 17.2 Å². The summed E-state index contributed by atoms with van der Waals surface area (Å²) in [4.78, 5) is 18.3. The van der Waals surface area contributed by atoms with Crippen LogP contribution in [-0.2, 0) is 4.74 Å². The van der Waals surface area contributed by atoms with Crippen LogP contribution in [0.1, 0.15) is 25.0 Å². The first kappa shape index (κ1) is 21.4. The second kappa shape index (κ2) is 8.37. The molecule has 186 valence electrons. The Morgan fingerprint density at radius 3 is 2.76 bits per heavy atom. The van der Waals surface area contributed by atoms with Crippen molar-refractivity contribution in [1.82, 2.24) is 34.7 Å². The molecule has 13 heteroatoms. The minimum atomic E-state index is -0.356. The molecule has 0 bridgehead atoms. The molecule has 0 spiro atoms. The van der Waals surface area contributed by atoms with E-state index in [9.17, 15) is 10.1 Å². The molecule has 13 nitrogen and oxygen atoms in total. The highest BCUT2D eigenvalue weighted by Crippen LogP contribution is 2.32. The normalized spacial score (nSPS) is 20.7. The molecule has 3 aliphatic rings. The zero-order valence-electron chi connectivity index (χ0n) is 19.7. The van der Waals surface area contributed by atoms with Crippen LogP contribution < -0.4 is 20.9 Å². The number of nitrogens with one attached hydrogen (secondary N) is 3. The van der Waals surface area contributed by atoms with Crippen LogP contribution in [0.15, 0.2) is 43.1 Å². The molecule has 37 heavy (non-hydrogen) atoms. The van der Waals surface area contributed by atoms with Crippen LogP contribution >= 0.6 is 0 Å². The van der Waals surface area contributed by atoms with E-state index in [0.29, 0.717) is 29.7 Å². The molecule has 0 radical (unpaired) electrons. The van der Waals surface area contributed by atoms with E-state index in [-0.39, 0.29) is 18.2 Å². The molecule has 0 unspecified atom stereocenters. The predicted molar refractivity (Wildman–Crippen MR) is 133 cm³/mol. The molecule has 1 amide bonds. The van der Waals surface area contributed by atoms with Crippen LogP contribution in [0.25, 0.3) is 11.3 Å². The van der Waals surface area contributed by atoms with E-state index in [2.05, 4.69) is 53.3 Å². The Morgan fingerprint density at radius 2 is 1.95 bits per heavy atom. The van der Waals surface area contributed by atoms with E-state index in [0.717, 1.165) is 48.6 Å². The lowest BCUT2D eigenvalue weighted by Crippen LogP contribution is -2.48. The molecule has 3 fully saturated rings. The number of anilines is 4. The minimum Gasteiger partial charge on any atom is -0.442 e. The largest absolute Gasteiger partial charge is 0.442 e. The van der Waals surface area contributed by atoms with E-state index < -0.39 is 0 Å². The first-order valence-electron chi connectivity index (χ1n) is 12.2. The summed E-state index contributed by atoms with van der Waals surface area (Å²) in [6.07, 6.45) is 7.28. The van der Waals surface area contributed by atoms with E-state index >= 15 is 0 Å². The van der Waals surface area contributed by atoms with Crippen molar-refractivity contribution in [3.8, 4) is 11.8 Å². The number of nitriles is 1. The Morgan fingerprint density at radius 1 is 1.11 bits per heavy atom. The van der Waals surface area contributed by atoms with Crippen LogP contribution in [0.4, 0.5) is 27.7 Å². The molecule has 1 saturated carbocycles. The SMILES string of the molecule is N#Cc1cnc2c(NC3CC3)cc(Nc3cc(N4CC[C@@H]5NC(=O)O[C@@H]5C4)cc(-n4cnnc4)c3)nn12. The van der Waals surface area contributed by atoms with Crippen molar-refractivity contribution in [3.05, 3.63) is 48.8 Å². The number of aromatic nitrogens is 6. The monoisotopic (exact) mass is 497 g/mol. The van der Waals surface area contributed by atoms with E-state index in [1.807, 2.05) is 22.8 Å². The average Bonchev–Trinajstić information content (AvgIpc) is 3.27. The van der Waals surface area contributed by atoms with Gasteiger partial charge in [-0.3, -0.25) is 4.57 Å². The number of benzene rings is 1. The molecular weight excluding hydrogens is 474 g/mol. The zero-order chi connectivity index (χ0) is 24.9. The molecule has 1 aliphatic carbocycles. The number of imidazole rings is 1. The van der Waals surface area contributed by atoms with Crippen molar-refractivity contribution in [2.75, 3.05) is 28.6 Å². The molecule has 5 heterocycles. The summed E-state index contributed by atoms with van der Waals surface area (Å²) < 4.78 is 8.86. The number of hydrogen-bond acceptors (Lipinski definition) is 10. The Balaban J connectivity index is 1.25. The Hall–Kier alpha value is -4.86. The maximum atomic E-state index is 11.7. The maximum absolute atomic E-state index is 11.7. The van der Waals surface area contributed by atoms with Crippen molar-refractivity contribution >= 4 is 34.6 Å². The number of hydrogen-bond donors (Lipinski definition) is 3. The summed E-state index contributed by atoms with van der Waals surface area (Å²) in [6, 6.07) is 10.6. The van der Waals surface area contributed by atoms with Gasteiger partial charge in [-0.25, -0.2) is 9.78 Å². The van der Waals surface area contributed by atoms with Gasteiger partial charge in [0.1, 0.15) is 24.8 Å². The molecule has 2 aliphatic heterocycles. The third-order valence-electron chi connectivity index (χ3n) is 6.90. The van der Waals surface area contributed by atoms with Crippen molar-refractivity contribution < 1.29 is 9.53 Å². The molecular formula is C24H23N11O2. The lowest BCUT2D eigenvalue weighted by molar-refractivity contribution is 0.127. The van der Waals surface area contributed by atoms with Gasteiger partial charge in [0.05, 0.1) is 30.2 Å². The molecule has 3 aromatic heterocycles. The quantitative estimate of drug-likeness (QED) is 0.362. The Kier molecular flexibility index (Phi) is 4.85. The standard InChI is InChI=1S/C24H23N11O2/c25-9-18-10-26-23-20(29-14-1-2-14)8-22(32-35(18)23)30-15-5-16(7-17(6-15)34-12-27-28-13-34)33-4-3-19-21(11-33)37-24(36)31-19/h5-8,10,12-14,19,21,29H,1-4,11H2,(H,30,32)(H,31,36)/t19-,21+/m0/s1. The summed E-state index contributed by atoms with van der Waals surface area (Å²) >= 11 is 0. The van der Waals surface area contributed by atoms with Crippen LogP contribution in [-0.4, -0.2) is 66.7 Å². The fraction of sp³-hybridized carbons (Fsp3) is 0.333. The first-order chi connectivity index (χ1) is 18.1. The predicted octanol–water partition coefficient (Wildman–Crippen LogP) is 2.19. The van der Waals surface area contributed by atoms with Crippen molar-refractivity contribution in [2.45, 2.75) is 37.5 Å². The lowest BCUT2D eigenvalue weighted by Gasteiger charge is -2.35. The fourth-order valence-electron chi connectivity index (χ4n) is 4.90. The minimum absolute atomic E-state index is 0.0419. The van der Waals surface area contributed by atoms with Gasteiger partial charge in [0.2, 0.25) is 0 Å². The summed E-state index contributed by atoms with van der Waals surface area (Å²) in [5.74, 6) is 0.574. The van der Waals surface area contributed by atoms with Gasteiger partial charge in [0.25, 0.3) is 0 Å². The summed E-state index contributed by atoms with van der Waals surface area (Å²) in [7, 11) is 0. The number of fused-ring (bicyclic) bond motifs is 2. The van der Waals surface area contributed by atoms with E-state index in [4.69, 9.17) is 4.74 Å². The van der Waals surface area contributed by atoms with Crippen LogP contribution in [0.5, 0.6) is 0 Å². The van der Waals surface area contributed by atoms with Gasteiger partial charge in [0, 0.05) is 30.0 Å². The first-order valence-corrected chi connectivity index (χ1v) is 12.2. The molecule has 1 aromatic carbocycles. The second-order valence-electron chi connectivity index (χ2n) is 9.51. The van der Waals surface area contributed by atoms with Crippen molar-refractivity contribution in [1.29, 1.82) is 5.26 Å². The number of amides is 1. The van der Waals surface area contributed by atoms with E-state index in [1.165, 1.54) is 6.20 Å². The number of rotatable bonds is 6. The molecule has 3 N–H and O–H groups in total. The molecule has 4 aromatic rings. The Bertz CT molecular complexity index is 1540. The fourth-order valence-corrected chi connectivity index (χ4v) is 4.90. The summed E-state index contributed by atoms with van der Waals surface area (Å²) in [5.41, 5.74) is 4.44. The third kappa shape index (κ3) is 4.02. The van der Waals surface area contributed by atoms with Gasteiger partial charge in [-0.05, 0) is 37.5 Å². The van der Waals surface area contributed by atoms with Gasteiger partial charge in [-0.1, -0.05) is 0 Å². The van der Waals surface area contributed by atoms with Gasteiger partial charge < -0.3 is 25.6 Å². The van der Waals surface area contributed by atoms with E-state index in [1.54, 1.807) is 17.2 Å². The maximum Gasteiger partial charge on any atom is 0.407 e. The second-order valence-corrected chi connectivity index (χ2v) is 9.51. The highest BCUT2D eigenvalue weighted by molar-refractivity contribution is 5.75. The van der Waals surface area contributed by atoms with Crippen LogP contribution in [0.3, 0.4) is 0 Å². The topological polar surface area (TPSA) is 150 Å². The highest BCUT2D eigenvalue weighted by Gasteiger charge is 2.38. The Labute approximate surface area is 211 Å². The average molecular weight is 498 g/mol. The van der Waals surface area contributed by atoms with Gasteiger partial charge >= 0.3 is 6.09 Å². The number of carbonyl (C=O) groups excluding carboxylic acids is 1. The lowest BCUT2D eigenvalue weighted by atomic mass is 10.0. The van der Waals surface area contributed by atoms with Gasteiger partial charge in [-0.15, -0.1) is 15.3 Å². The van der Waals surface area contributed by atoms with Crippen LogP contribution in [0, 0.1) is 11.3 Å². The summed E-state index contributed by atoms with van der Waals surface area (Å²) in [5, 5.41) is 31.9. The zero-order valence-corrected chi connectivity index (χ0v) is 19.7. The number of piperidine rings is 1. The van der Waals surface area contributed by atoms with Crippen molar-refractivity contribution in [3.63, 3.8) is 0 Å². The number of carbonyl (C=O) groups is 1.